The molecule has 0 radical (unpaired) electrons. The van der Waals surface area contributed by atoms with Gasteiger partial charge in [0.1, 0.15) is 5.60 Å². The van der Waals surface area contributed by atoms with Crippen molar-refractivity contribution >= 4 is 17.8 Å². The Morgan fingerprint density at radius 3 is 2.18 bits per heavy atom. The maximum atomic E-state index is 12.6. The van der Waals surface area contributed by atoms with Crippen molar-refractivity contribution < 1.29 is 24.2 Å². The lowest BCUT2D eigenvalue weighted by atomic mass is 10.2. The number of ether oxygens (including phenoxy) is 1. The lowest BCUT2D eigenvalue weighted by Crippen LogP contribution is -2.52. The molecule has 2 heterocycles. The molecule has 2 amide bonds. The second-order valence-electron chi connectivity index (χ2n) is 8.72. The number of hydrogen-bond acceptors (Lipinski definition) is 7. The fourth-order valence-corrected chi connectivity index (χ4v) is 3.67. The van der Waals surface area contributed by atoms with Gasteiger partial charge < -0.3 is 19.6 Å². The minimum Gasteiger partial charge on any atom is -0.459 e. The zero-order valence-corrected chi connectivity index (χ0v) is 17.7. The number of carbonyl (C=O) groups is 3. The first-order chi connectivity index (χ1) is 13.0. The number of nitrogens with zero attached hydrogens (tertiary/aromatic N) is 4. The van der Waals surface area contributed by atoms with Crippen LogP contribution in [0.15, 0.2) is 0 Å². The van der Waals surface area contributed by atoms with Crippen LogP contribution < -0.4 is 0 Å². The van der Waals surface area contributed by atoms with Gasteiger partial charge in [-0.2, -0.15) is 0 Å². The summed E-state index contributed by atoms with van der Waals surface area (Å²) in [5.74, 6) is -0.295. The van der Waals surface area contributed by atoms with E-state index in [2.05, 4.69) is 0 Å². The third kappa shape index (κ3) is 6.42. The molecule has 9 heteroatoms. The summed E-state index contributed by atoms with van der Waals surface area (Å²) in [5.41, 5.74) is -0.545. The van der Waals surface area contributed by atoms with E-state index >= 15 is 0 Å². The average Bonchev–Trinajstić information content (AvgIpc) is 2.93. The van der Waals surface area contributed by atoms with Crippen molar-refractivity contribution in [3.8, 4) is 0 Å². The van der Waals surface area contributed by atoms with Crippen LogP contribution in [0.2, 0.25) is 0 Å². The van der Waals surface area contributed by atoms with Gasteiger partial charge in [0.05, 0.1) is 19.2 Å². The molecule has 28 heavy (non-hydrogen) atoms. The topological polar surface area (TPSA) is 93.6 Å². The SMILES string of the molecule is CC(=O)N1CCN(C(=O)CN2C[C@@H](O)[C@H](N(C)CC(=O)OC(C)(C)C)C2)CC1. The fourth-order valence-electron chi connectivity index (χ4n) is 3.67. The first-order valence-electron chi connectivity index (χ1n) is 9.82. The number of aliphatic hydroxyl groups excluding tert-OH is 1. The van der Waals surface area contributed by atoms with E-state index in [1.165, 1.54) is 6.92 Å². The van der Waals surface area contributed by atoms with Crippen LogP contribution in [0, 0.1) is 0 Å². The van der Waals surface area contributed by atoms with E-state index in [1.807, 2.05) is 25.7 Å². The van der Waals surface area contributed by atoms with Crippen LogP contribution in [-0.2, 0) is 19.1 Å². The lowest BCUT2D eigenvalue weighted by Gasteiger charge is -2.35. The molecule has 0 saturated carbocycles. The van der Waals surface area contributed by atoms with Gasteiger partial charge in [-0.3, -0.25) is 24.2 Å². The van der Waals surface area contributed by atoms with Crippen LogP contribution in [0.25, 0.3) is 0 Å². The molecule has 0 unspecified atom stereocenters. The smallest absolute Gasteiger partial charge is 0.320 e. The van der Waals surface area contributed by atoms with Crippen molar-refractivity contribution in [3.63, 3.8) is 0 Å². The summed E-state index contributed by atoms with van der Waals surface area (Å²) < 4.78 is 5.33. The van der Waals surface area contributed by atoms with Crippen LogP contribution >= 0.6 is 0 Å². The van der Waals surface area contributed by atoms with Gasteiger partial charge in [0.25, 0.3) is 0 Å². The Bertz CT molecular complexity index is 583. The first kappa shape index (κ1) is 22.6. The van der Waals surface area contributed by atoms with E-state index in [-0.39, 0.29) is 36.9 Å². The number of hydrogen-bond donors (Lipinski definition) is 1. The van der Waals surface area contributed by atoms with Crippen molar-refractivity contribution in [2.45, 2.75) is 45.4 Å². The molecule has 0 aliphatic carbocycles. The molecular formula is C19H34N4O5. The highest BCUT2D eigenvalue weighted by Crippen LogP contribution is 2.17. The average molecular weight is 399 g/mol. The molecule has 2 fully saturated rings. The third-order valence-electron chi connectivity index (χ3n) is 5.14. The predicted octanol–water partition coefficient (Wildman–Crippen LogP) is -1.00. The molecule has 9 nitrogen and oxygen atoms in total. The Morgan fingerprint density at radius 2 is 1.64 bits per heavy atom. The molecular weight excluding hydrogens is 364 g/mol. The fraction of sp³-hybridized carbons (Fsp3) is 0.842. The van der Waals surface area contributed by atoms with E-state index in [9.17, 15) is 19.5 Å². The van der Waals surface area contributed by atoms with Crippen molar-refractivity contribution in [1.82, 2.24) is 19.6 Å². The van der Waals surface area contributed by atoms with Crippen LogP contribution in [-0.4, -0.2) is 120 Å². The predicted molar refractivity (Wildman–Crippen MR) is 104 cm³/mol. The summed E-state index contributed by atoms with van der Waals surface area (Å²) in [6.07, 6.45) is -0.630. The van der Waals surface area contributed by atoms with E-state index < -0.39 is 11.7 Å². The minimum absolute atomic E-state index is 0.00541. The number of likely N-dealkylation sites (tertiary alicyclic amines) is 1. The zero-order chi connectivity index (χ0) is 21.1. The summed E-state index contributed by atoms with van der Waals surface area (Å²) in [7, 11) is 1.78. The van der Waals surface area contributed by atoms with E-state index in [1.54, 1.807) is 21.7 Å². The van der Waals surface area contributed by atoms with Crippen molar-refractivity contribution in [3.05, 3.63) is 0 Å². The Kier molecular flexibility index (Phi) is 7.41. The summed E-state index contributed by atoms with van der Waals surface area (Å²) in [5, 5.41) is 10.4. The van der Waals surface area contributed by atoms with E-state index in [0.717, 1.165) is 0 Å². The molecule has 2 aliphatic rings. The van der Waals surface area contributed by atoms with Crippen LogP contribution in [0.1, 0.15) is 27.7 Å². The number of piperazine rings is 1. The van der Waals surface area contributed by atoms with Crippen LogP contribution in [0.3, 0.4) is 0 Å². The molecule has 2 saturated heterocycles. The Labute approximate surface area is 167 Å². The molecule has 160 valence electrons. The number of esters is 1. The van der Waals surface area contributed by atoms with E-state index in [4.69, 9.17) is 4.74 Å². The van der Waals surface area contributed by atoms with Gasteiger partial charge in [0, 0.05) is 52.2 Å². The lowest BCUT2D eigenvalue weighted by molar-refractivity contribution is -0.156. The Morgan fingerprint density at radius 1 is 1.07 bits per heavy atom. The normalized spacial score (nSPS) is 24.0. The number of aliphatic hydroxyl groups is 1. The molecule has 0 aromatic rings. The van der Waals surface area contributed by atoms with Gasteiger partial charge in [-0.15, -0.1) is 0 Å². The molecule has 0 aromatic carbocycles. The second kappa shape index (κ2) is 9.19. The highest BCUT2D eigenvalue weighted by molar-refractivity contribution is 5.79. The van der Waals surface area contributed by atoms with Crippen LogP contribution in [0.5, 0.6) is 0 Å². The van der Waals surface area contributed by atoms with Gasteiger partial charge in [-0.1, -0.05) is 0 Å². The Hall–Kier alpha value is -1.71. The highest BCUT2D eigenvalue weighted by Gasteiger charge is 2.36. The maximum Gasteiger partial charge on any atom is 0.320 e. The number of rotatable bonds is 5. The molecule has 0 spiro atoms. The van der Waals surface area contributed by atoms with Gasteiger partial charge >= 0.3 is 5.97 Å². The summed E-state index contributed by atoms with van der Waals surface area (Å²) >= 11 is 0. The van der Waals surface area contributed by atoms with Crippen molar-refractivity contribution in [2.24, 2.45) is 0 Å². The first-order valence-corrected chi connectivity index (χ1v) is 9.82. The number of β-amino-alcohol motifs (C(OH)–C–C–N with tert-alkyl or cyclic N) is 1. The summed E-state index contributed by atoms with van der Waals surface area (Å²) in [6, 6.07) is -0.227. The van der Waals surface area contributed by atoms with Crippen molar-refractivity contribution in [1.29, 1.82) is 0 Å². The van der Waals surface area contributed by atoms with Gasteiger partial charge in [-0.05, 0) is 27.8 Å². The van der Waals surface area contributed by atoms with Crippen molar-refractivity contribution in [2.75, 3.05) is 59.4 Å². The van der Waals surface area contributed by atoms with Gasteiger partial charge in [0.2, 0.25) is 11.8 Å². The van der Waals surface area contributed by atoms with Gasteiger partial charge in [0.15, 0.2) is 0 Å². The monoisotopic (exact) mass is 398 g/mol. The molecule has 2 rings (SSSR count). The quantitative estimate of drug-likeness (QED) is 0.594. The van der Waals surface area contributed by atoms with Crippen LogP contribution in [0.4, 0.5) is 0 Å². The molecule has 2 aliphatic heterocycles. The number of likely N-dealkylation sites (N-methyl/N-ethyl adjacent to an activating group) is 1. The Balaban J connectivity index is 1.80. The van der Waals surface area contributed by atoms with E-state index in [0.29, 0.717) is 39.3 Å². The minimum atomic E-state index is -0.630. The largest absolute Gasteiger partial charge is 0.459 e. The molecule has 1 N–H and O–H groups in total. The summed E-state index contributed by atoms with van der Waals surface area (Å²) in [4.78, 5) is 43.2. The van der Waals surface area contributed by atoms with Gasteiger partial charge in [-0.25, -0.2) is 0 Å². The maximum absolute atomic E-state index is 12.6. The molecule has 2 atom stereocenters. The summed E-state index contributed by atoms with van der Waals surface area (Å²) in [6.45, 7) is 10.4. The second-order valence-corrected chi connectivity index (χ2v) is 8.72. The molecule has 0 aromatic heterocycles. The number of amides is 2. The zero-order valence-electron chi connectivity index (χ0n) is 17.7. The number of carbonyl (C=O) groups excluding carboxylic acids is 3. The standard InChI is InChI=1S/C19H34N4O5/c1-14(24)22-6-8-23(9-7-22)17(26)12-21-10-15(16(25)11-21)20(5)13-18(27)28-19(2,3)4/h15-16,25H,6-13H2,1-5H3/t15-,16-/m1/s1. The third-order valence-corrected chi connectivity index (χ3v) is 5.14. The molecule has 0 bridgehead atoms. The highest BCUT2D eigenvalue weighted by atomic mass is 16.6.